The lowest BCUT2D eigenvalue weighted by Gasteiger charge is -2.41. The Labute approximate surface area is 193 Å². The SMILES string of the molecule is O=C1OC2(CCC(C(=O)OCCC(F)(F)C(F)(F)S(=O)(=O)O)CC2)Oc2c(I)cccc21. The maximum absolute atomic E-state index is 13.5. The van der Waals surface area contributed by atoms with Gasteiger partial charge in [-0.3, -0.25) is 9.35 Å². The van der Waals surface area contributed by atoms with Gasteiger partial charge in [0, 0.05) is 12.8 Å². The molecule has 0 bridgehead atoms. The van der Waals surface area contributed by atoms with Crippen molar-refractivity contribution in [3.8, 4) is 5.75 Å². The fourth-order valence-electron chi connectivity index (χ4n) is 3.43. The Bertz CT molecular complexity index is 1020. The van der Waals surface area contributed by atoms with Crippen molar-refractivity contribution in [1.29, 1.82) is 0 Å². The van der Waals surface area contributed by atoms with Crippen LogP contribution in [0.5, 0.6) is 5.75 Å². The normalized spacial score (nSPS) is 23.8. The lowest BCUT2D eigenvalue weighted by molar-refractivity contribution is -0.187. The van der Waals surface area contributed by atoms with E-state index in [0.29, 0.717) is 9.32 Å². The maximum atomic E-state index is 13.5. The highest BCUT2D eigenvalue weighted by Crippen LogP contribution is 2.44. The average molecular weight is 596 g/mol. The van der Waals surface area contributed by atoms with Crippen LogP contribution in [-0.4, -0.2) is 48.5 Å². The van der Waals surface area contributed by atoms with E-state index >= 15 is 0 Å². The molecule has 1 aromatic rings. The second kappa shape index (κ2) is 8.59. The number of para-hydroxylation sites is 1. The standard InChI is InChI=1S/C18H17F4IO8S/c19-17(20,18(21,22)32(26,27)28)8-9-29-14(24)10-4-6-16(7-5-10)30-13-11(15(25)31-16)2-1-3-12(13)23/h1-3,10H,4-9H2,(H,26,27,28). The number of hydrogen-bond donors (Lipinski definition) is 1. The molecule has 1 spiro atoms. The molecule has 3 rings (SSSR count). The number of carbonyl (C=O) groups excluding carboxylic acids is 2. The summed E-state index contributed by atoms with van der Waals surface area (Å²) in [6.07, 6.45) is -1.36. The average Bonchev–Trinajstić information content (AvgIpc) is 2.68. The number of benzene rings is 1. The summed E-state index contributed by atoms with van der Waals surface area (Å²) >= 11 is 2.00. The number of carbonyl (C=O) groups is 2. The molecule has 1 aliphatic heterocycles. The highest BCUT2D eigenvalue weighted by Gasteiger charge is 2.65. The molecule has 0 atom stereocenters. The molecule has 1 N–H and O–H groups in total. The van der Waals surface area contributed by atoms with E-state index in [1.54, 1.807) is 18.2 Å². The van der Waals surface area contributed by atoms with Gasteiger partial charge in [0.05, 0.1) is 22.5 Å². The van der Waals surface area contributed by atoms with Crippen LogP contribution in [0.1, 0.15) is 42.5 Å². The van der Waals surface area contributed by atoms with Crippen molar-refractivity contribution in [2.24, 2.45) is 5.92 Å². The first-order valence-corrected chi connectivity index (χ1v) is 11.8. The largest absolute Gasteiger partial charge is 0.465 e. The predicted molar refractivity (Wildman–Crippen MR) is 107 cm³/mol. The summed E-state index contributed by atoms with van der Waals surface area (Å²) in [4.78, 5) is 24.5. The zero-order valence-corrected chi connectivity index (χ0v) is 19.1. The Morgan fingerprint density at radius 1 is 1.22 bits per heavy atom. The van der Waals surface area contributed by atoms with Gasteiger partial charge in [0.15, 0.2) is 5.75 Å². The molecule has 0 amide bonds. The molecule has 1 saturated carbocycles. The molecule has 0 saturated heterocycles. The fourth-order valence-corrected chi connectivity index (χ4v) is 4.52. The van der Waals surface area contributed by atoms with Crippen molar-refractivity contribution < 1.29 is 54.3 Å². The Hall–Kier alpha value is -1.68. The Balaban J connectivity index is 1.55. The van der Waals surface area contributed by atoms with Crippen molar-refractivity contribution in [3.05, 3.63) is 27.3 Å². The quantitative estimate of drug-likeness (QED) is 0.229. The number of rotatable bonds is 6. The van der Waals surface area contributed by atoms with E-state index in [2.05, 4.69) is 4.74 Å². The molecular weight excluding hydrogens is 579 g/mol. The van der Waals surface area contributed by atoms with Crippen LogP contribution < -0.4 is 4.74 Å². The lowest BCUT2D eigenvalue weighted by atomic mass is 9.84. The third-order valence-electron chi connectivity index (χ3n) is 5.24. The van der Waals surface area contributed by atoms with Crippen molar-refractivity contribution >= 4 is 44.6 Å². The molecule has 1 aromatic carbocycles. The summed E-state index contributed by atoms with van der Waals surface area (Å²) in [5.41, 5.74) is 0.270. The first kappa shape index (κ1) is 25.0. The number of hydrogen-bond acceptors (Lipinski definition) is 7. The molecule has 0 unspecified atom stereocenters. The predicted octanol–water partition coefficient (Wildman–Crippen LogP) is 3.78. The Kier molecular flexibility index (Phi) is 6.70. The first-order chi connectivity index (χ1) is 14.7. The van der Waals surface area contributed by atoms with Gasteiger partial charge in [0.2, 0.25) is 0 Å². The molecular formula is C18H17F4IO8S. The van der Waals surface area contributed by atoms with E-state index in [-0.39, 0.29) is 31.2 Å². The summed E-state index contributed by atoms with van der Waals surface area (Å²) in [5, 5.41) is -5.72. The van der Waals surface area contributed by atoms with Crippen LogP contribution >= 0.6 is 22.6 Å². The Morgan fingerprint density at radius 2 is 1.84 bits per heavy atom. The van der Waals surface area contributed by atoms with Crippen molar-refractivity contribution in [2.45, 2.75) is 49.1 Å². The molecule has 32 heavy (non-hydrogen) atoms. The van der Waals surface area contributed by atoms with Crippen molar-refractivity contribution in [2.75, 3.05) is 6.61 Å². The maximum Gasteiger partial charge on any atom is 0.431 e. The zero-order chi connectivity index (χ0) is 23.9. The number of alkyl halides is 4. The third-order valence-corrected chi connectivity index (χ3v) is 7.04. The number of fused-ring (bicyclic) bond motifs is 1. The summed E-state index contributed by atoms with van der Waals surface area (Å²) in [5.74, 6) is -8.36. The second-order valence-electron chi connectivity index (χ2n) is 7.41. The van der Waals surface area contributed by atoms with Gasteiger partial charge in [-0.1, -0.05) is 6.07 Å². The number of esters is 2. The molecule has 0 radical (unpaired) electrons. The summed E-state index contributed by atoms with van der Waals surface area (Å²) < 4.78 is 99.2. The van der Waals surface area contributed by atoms with Gasteiger partial charge in [-0.2, -0.15) is 26.0 Å². The summed E-state index contributed by atoms with van der Waals surface area (Å²) in [6.45, 7) is -1.18. The monoisotopic (exact) mass is 596 g/mol. The topological polar surface area (TPSA) is 116 Å². The Morgan fingerprint density at radius 3 is 2.44 bits per heavy atom. The van der Waals surface area contributed by atoms with Crippen LogP contribution in [0.3, 0.4) is 0 Å². The van der Waals surface area contributed by atoms with Gasteiger partial charge in [-0.15, -0.1) is 0 Å². The van der Waals surface area contributed by atoms with Crippen LogP contribution in [0.15, 0.2) is 18.2 Å². The minimum Gasteiger partial charge on any atom is -0.465 e. The smallest absolute Gasteiger partial charge is 0.431 e. The van der Waals surface area contributed by atoms with Crippen molar-refractivity contribution in [3.63, 3.8) is 0 Å². The number of ether oxygens (including phenoxy) is 3. The third kappa shape index (κ3) is 4.66. The van der Waals surface area contributed by atoms with Crippen LogP contribution in [0.4, 0.5) is 17.6 Å². The van der Waals surface area contributed by atoms with E-state index in [0.717, 1.165) is 0 Å². The van der Waals surface area contributed by atoms with Gasteiger partial charge >= 0.3 is 33.2 Å². The van der Waals surface area contributed by atoms with E-state index in [1.807, 2.05) is 22.6 Å². The van der Waals surface area contributed by atoms with Gasteiger partial charge < -0.3 is 14.2 Å². The van der Waals surface area contributed by atoms with Gasteiger partial charge in [-0.25, -0.2) is 4.79 Å². The molecule has 0 aromatic heterocycles. The fraction of sp³-hybridized carbons (Fsp3) is 0.556. The van der Waals surface area contributed by atoms with E-state index < -0.39 is 58.0 Å². The second-order valence-corrected chi connectivity index (χ2v) is 10.0. The van der Waals surface area contributed by atoms with Crippen LogP contribution in [0.25, 0.3) is 0 Å². The number of halogens is 5. The van der Waals surface area contributed by atoms with E-state index in [9.17, 15) is 35.6 Å². The first-order valence-electron chi connectivity index (χ1n) is 9.29. The van der Waals surface area contributed by atoms with E-state index in [4.69, 9.17) is 14.0 Å². The summed E-state index contributed by atoms with van der Waals surface area (Å²) in [7, 11) is -6.36. The lowest BCUT2D eigenvalue weighted by Crippen LogP contribution is -2.48. The summed E-state index contributed by atoms with van der Waals surface area (Å²) in [6, 6.07) is 4.97. The van der Waals surface area contributed by atoms with Crippen LogP contribution in [0, 0.1) is 9.49 Å². The molecule has 1 fully saturated rings. The molecule has 1 aliphatic carbocycles. The van der Waals surface area contributed by atoms with Crippen LogP contribution in [-0.2, 0) is 24.4 Å². The van der Waals surface area contributed by atoms with Gasteiger partial charge in [0.25, 0.3) is 5.79 Å². The molecule has 178 valence electrons. The highest BCUT2D eigenvalue weighted by molar-refractivity contribution is 14.1. The minimum atomic E-state index is -6.36. The minimum absolute atomic E-state index is 0.111. The van der Waals surface area contributed by atoms with Crippen molar-refractivity contribution in [1.82, 2.24) is 0 Å². The van der Waals surface area contributed by atoms with Gasteiger partial charge in [-0.05, 0) is 47.6 Å². The molecule has 14 heteroatoms. The molecule has 8 nitrogen and oxygen atoms in total. The molecule has 1 heterocycles. The van der Waals surface area contributed by atoms with E-state index in [1.165, 1.54) is 0 Å². The zero-order valence-electron chi connectivity index (χ0n) is 16.2. The molecule has 2 aliphatic rings. The van der Waals surface area contributed by atoms with Gasteiger partial charge in [0.1, 0.15) is 5.56 Å². The highest BCUT2D eigenvalue weighted by atomic mass is 127. The van der Waals surface area contributed by atoms with Crippen LogP contribution in [0.2, 0.25) is 0 Å².